The van der Waals surface area contributed by atoms with E-state index in [-0.39, 0.29) is 16.6 Å². The Morgan fingerprint density at radius 1 is 1.11 bits per heavy atom. The SMILES string of the molecule is CC1C[C@H]2[C@@H]3CC[C@H](C(=O)C(O)(O)O)[C@@]3(C)CC[C@@H]2[C@@]2(C)CCC(=O)C=C12. The predicted octanol–water partition coefficient (Wildman–Crippen LogP) is 2.58. The molecule has 27 heavy (non-hydrogen) atoms. The van der Waals surface area contributed by atoms with Crippen LogP contribution in [0.5, 0.6) is 0 Å². The van der Waals surface area contributed by atoms with Crippen LogP contribution in [-0.4, -0.2) is 32.9 Å². The molecular weight excluding hydrogens is 344 g/mol. The van der Waals surface area contributed by atoms with Crippen molar-refractivity contribution >= 4 is 11.6 Å². The lowest BCUT2D eigenvalue weighted by molar-refractivity contribution is -0.291. The summed E-state index contributed by atoms with van der Waals surface area (Å²) in [6.07, 6.45) is 7.84. The zero-order valence-electron chi connectivity index (χ0n) is 16.6. The Labute approximate surface area is 160 Å². The fraction of sp³-hybridized carbons (Fsp3) is 0.818. The third-order valence-electron chi connectivity index (χ3n) is 8.93. The molecule has 0 aromatic carbocycles. The van der Waals surface area contributed by atoms with Gasteiger partial charge in [-0.05, 0) is 79.1 Å². The van der Waals surface area contributed by atoms with Gasteiger partial charge in [0, 0.05) is 12.3 Å². The van der Waals surface area contributed by atoms with E-state index in [2.05, 4.69) is 20.8 Å². The van der Waals surface area contributed by atoms with Gasteiger partial charge in [0.2, 0.25) is 5.78 Å². The van der Waals surface area contributed by atoms with Gasteiger partial charge in [-0.15, -0.1) is 0 Å². The zero-order chi connectivity index (χ0) is 19.8. The van der Waals surface area contributed by atoms with Crippen LogP contribution in [-0.2, 0) is 9.59 Å². The first-order valence-electron chi connectivity index (χ1n) is 10.4. The monoisotopic (exact) mass is 376 g/mol. The summed E-state index contributed by atoms with van der Waals surface area (Å²) < 4.78 is 0. The summed E-state index contributed by atoms with van der Waals surface area (Å²) >= 11 is 0. The van der Waals surface area contributed by atoms with Crippen LogP contribution in [0.1, 0.15) is 65.7 Å². The second-order valence-corrected chi connectivity index (χ2v) is 10.2. The topological polar surface area (TPSA) is 94.8 Å². The molecule has 5 heteroatoms. The molecule has 4 aliphatic rings. The predicted molar refractivity (Wildman–Crippen MR) is 99.1 cm³/mol. The van der Waals surface area contributed by atoms with E-state index >= 15 is 0 Å². The summed E-state index contributed by atoms with van der Waals surface area (Å²) in [4.78, 5) is 24.5. The maximum absolute atomic E-state index is 12.5. The molecule has 5 nitrogen and oxygen atoms in total. The summed E-state index contributed by atoms with van der Waals surface area (Å²) in [6.45, 7) is 6.67. The Balaban J connectivity index is 1.67. The van der Waals surface area contributed by atoms with Crippen LogP contribution >= 0.6 is 0 Å². The molecule has 0 spiro atoms. The fourth-order valence-electron chi connectivity index (χ4n) is 7.65. The Kier molecular flexibility index (Phi) is 4.27. The van der Waals surface area contributed by atoms with Gasteiger partial charge >= 0.3 is 5.97 Å². The van der Waals surface area contributed by atoms with Crippen LogP contribution in [0.4, 0.5) is 0 Å². The van der Waals surface area contributed by atoms with Gasteiger partial charge in [0.1, 0.15) is 0 Å². The standard InChI is InChI=1S/C22H32O5/c1-12-10-14-15-4-5-17(19(24)22(25,26)27)20(15,2)9-7-16(14)21(3)8-6-13(23)11-18(12)21/h11-12,14-17,25-27H,4-10H2,1-3H3/t12?,14-,15-,16-,17+,20-,21+/m0/s1. The van der Waals surface area contributed by atoms with Crippen molar-refractivity contribution in [3.8, 4) is 0 Å². The van der Waals surface area contributed by atoms with Crippen molar-refractivity contribution in [1.82, 2.24) is 0 Å². The summed E-state index contributed by atoms with van der Waals surface area (Å²) in [6, 6.07) is 0. The van der Waals surface area contributed by atoms with Gasteiger partial charge in [0.05, 0.1) is 0 Å². The van der Waals surface area contributed by atoms with E-state index in [9.17, 15) is 24.9 Å². The second kappa shape index (κ2) is 5.98. The number of fused-ring (bicyclic) bond motifs is 5. The van der Waals surface area contributed by atoms with Crippen molar-refractivity contribution in [2.24, 2.45) is 40.4 Å². The molecule has 150 valence electrons. The number of ketones is 2. The highest BCUT2D eigenvalue weighted by atomic mass is 16.7. The molecule has 3 saturated carbocycles. The van der Waals surface area contributed by atoms with Gasteiger partial charge in [-0.2, -0.15) is 0 Å². The van der Waals surface area contributed by atoms with Crippen molar-refractivity contribution in [3.63, 3.8) is 0 Å². The van der Waals surface area contributed by atoms with Crippen molar-refractivity contribution in [1.29, 1.82) is 0 Å². The third kappa shape index (κ3) is 2.69. The Bertz CT molecular complexity index is 704. The van der Waals surface area contributed by atoms with Gasteiger partial charge in [-0.1, -0.05) is 26.3 Å². The van der Waals surface area contributed by atoms with Gasteiger partial charge in [-0.3, -0.25) is 9.59 Å². The molecule has 1 unspecified atom stereocenters. The van der Waals surface area contributed by atoms with E-state index in [1.54, 1.807) is 0 Å². The number of rotatable bonds is 2. The average molecular weight is 376 g/mol. The molecule has 0 radical (unpaired) electrons. The molecule has 0 aliphatic heterocycles. The molecule has 4 aliphatic carbocycles. The van der Waals surface area contributed by atoms with Crippen LogP contribution < -0.4 is 0 Å². The molecule has 0 bridgehead atoms. The van der Waals surface area contributed by atoms with Crippen LogP contribution in [0.25, 0.3) is 0 Å². The molecule has 0 amide bonds. The lowest BCUT2D eigenvalue weighted by atomic mass is 9.45. The molecule has 0 aromatic heterocycles. The van der Waals surface area contributed by atoms with Crippen molar-refractivity contribution in [2.75, 3.05) is 0 Å². The minimum Gasteiger partial charge on any atom is -0.337 e. The molecule has 0 saturated heterocycles. The first-order valence-corrected chi connectivity index (χ1v) is 10.4. The molecule has 3 N–H and O–H groups in total. The number of carbonyl (C=O) groups excluding carboxylic acids is 2. The van der Waals surface area contributed by atoms with E-state index in [0.29, 0.717) is 36.5 Å². The van der Waals surface area contributed by atoms with Crippen LogP contribution in [0, 0.1) is 40.4 Å². The van der Waals surface area contributed by atoms with Gasteiger partial charge in [0.25, 0.3) is 0 Å². The van der Waals surface area contributed by atoms with E-state index in [1.165, 1.54) is 5.57 Å². The maximum atomic E-state index is 12.5. The first kappa shape index (κ1) is 19.3. The van der Waals surface area contributed by atoms with Crippen LogP contribution in [0.15, 0.2) is 11.6 Å². The van der Waals surface area contributed by atoms with E-state index in [1.807, 2.05) is 6.08 Å². The molecule has 0 aromatic rings. The highest BCUT2D eigenvalue weighted by Gasteiger charge is 2.62. The van der Waals surface area contributed by atoms with Crippen LogP contribution in [0.3, 0.4) is 0 Å². The second-order valence-electron chi connectivity index (χ2n) is 10.2. The normalized spacial score (nSPS) is 47.0. The smallest absolute Gasteiger partial charge is 0.337 e. The number of allylic oxidation sites excluding steroid dienone is 1. The lowest BCUT2D eigenvalue weighted by Crippen LogP contribution is -2.54. The maximum Gasteiger partial charge on any atom is 0.339 e. The van der Waals surface area contributed by atoms with E-state index in [0.717, 1.165) is 32.1 Å². The van der Waals surface area contributed by atoms with Gasteiger partial charge in [-0.25, -0.2) is 0 Å². The van der Waals surface area contributed by atoms with E-state index < -0.39 is 17.7 Å². The highest BCUT2D eigenvalue weighted by molar-refractivity contribution is 5.91. The number of aliphatic hydroxyl groups is 3. The first-order chi connectivity index (χ1) is 12.5. The minimum absolute atomic E-state index is 0.0639. The number of hydrogen-bond donors (Lipinski definition) is 3. The molecule has 4 rings (SSSR count). The van der Waals surface area contributed by atoms with Crippen molar-refractivity contribution in [3.05, 3.63) is 11.6 Å². The largest absolute Gasteiger partial charge is 0.339 e. The molecular formula is C22H32O5. The third-order valence-corrected chi connectivity index (χ3v) is 8.93. The van der Waals surface area contributed by atoms with Gasteiger partial charge in [0.15, 0.2) is 5.78 Å². The number of Topliss-reactive ketones (excluding diaryl/α,β-unsaturated/α-hetero) is 1. The Hall–Kier alpha value is -1.04. The highest BCUT2D eigenvalue weighted by Crippen LogP contribution is 2.67. The Morgan fingerprint density at radius 3 is 2.48 bits per heavy atom. The Morgan fingerprint density at radius 2 is 1.81 bits per heavy atom. The number of hydrogen-bond acceptors (Lipinski definition) is 5. The molecule has 7 atom stereocenters. The minimum atomic E-state index is -3.23. The quantitative estimate of drug-likeness (QED) is 0.644. The van der Waals surface area contributed by atoms with E-state index in [4.69, 9.17) is 0 Å². The average Bonchev–Trinajstić information content (AvgIpc) is 2.92. The summed E-state index contributed by atoms with van der Waals surface area (Å²) in [5.41, 5.74) is 1.10. The molecule has 3 fully saturated rings. The fourth-order valence-corrected chi connectivity index (χ4v) is 7.65. The summed E-state index contributed by atoms with van der Waals surface area (Å²) in [7, 11) is 0. The van der Waals surface area contributed by atoms with Crippen molar-refractivity contribution in [2.45, 2.75) is 71.7 Å². The molecule has 0 heterocycles. The summed E-state index contributed by atoms with van der Waals surface area (Å²) in [5, 5.41) is 28.4. The number of carbonyl (C=O) groups is 2. The zero-order valence-corrected chi connectivity index (χ0v) is 16.6. The van der Waals surface area contributed by atoms with Gasteiger partial charge < -0.3 is 15.3 Å². The summed E-state index contributed by atoms with van der Waals surface area (Å²) in [5.74, 6) is -2.60. The van der Waals surface area contributed by atoms with Crippen molar-refractivity contribution < 1.29 is 24.9 Å². The van der Waals surface area contributed by atoms with Crippen LogP contribution in [0.2, 0.25) is 0 Å². The lowest BCUT2D eigenvalue weighted by Gasteiger charge is -2.59.